The van der Waals surface area contributed by atoms with E-state index in [-0.39, 0.29) is 6.04 Å². The van der Waals surface area contributed by atoms with Crippen LogP contribution in [0.4, 0.5) is 18.9 Å². The second-order valence-corrected chi connectivity index (χ2v) is 5.72. The molecule has 1 saturated heterocycles. The lowest BCUT2D eigenvalue weighted by Crippen LogP contribution is -2.29. The van der Waals surface area contributed by atoms with Crippen LogP contribution in [0.1, 0.15) is 31.4 Å². The SMILES string of the molecule is CNCc1ccc(N2CC(C)CC2C)c(C(F)(F)F)c1. The molecule has 5 heteroatoms. The van der Waals surface area contributed by atoms with Crippen LogP contribution < -0.4 is 10.2 Å². The molecule has 1 aliphatic rings. The van der Waals surface area contributed by atoms with E-state index in [0.717, 1.165) is 6.42 Å². The molecule has 0 spiro atoms. The van der Waals surface area contributed by atoms with E-state index in [2.05, 4.69) is 12.2 Å². The minimum Gasteiger partial charge on any atom is -0.368 e. The number of alkyl halides is 3. The summed E-state index contributed by atoms with van der Waals surface area (Å²) in [4.78, 5) is 1.89. The van der Waals surface area contributed by atoms with Gasteiger partial charge in [-0.05, 0) is 44.0 Å². The third-order valence-corrected chi connectivity index (χ3v) is 3.84. The molecule has 0 radical (unpaired) electrons. The van der Waals surface area contributed by atoms with Crippen LogP contribution in [0.25, 0.3) is 0 Å². The maximum Gasteiger partial charge on any atom is 0.418 e. The lowest BCUT2D eigenvalue weighted by molar-refractivity contribution is -0.137. The number of benzene rings is 1. The normalized spacial score (nSPS) is 23.4. The van der Waals surface area contributed by atoms with Crippen molar-refractivity contribution in [3.63, 3.8) is 0 Å². The van der Waals surface area contributed by atoms with Crippen LogP contribution in [0.3, 0.4) is 0 Å². The summed E-state index contributed by atoms with van der Waals surface area (Å²) >= 11 is 0. The van der Waals surface area contributed by atoms with Crippen LogP contribution in [0.15, 0.2) is 18.2 Å². The van der Waals surface area contributed by atoms with Gasteiger partial charge in [-0.25, -0.2) is 0 Å². The van der Waals surface area contributed by atoms with Crippen molar-refractivity contribution < 1.29 is 13.2 Å². The molecule has 2 atom stereocenters. The molecule has 0 aromatic heterocycles. The van der Waals surface area contributed by atoms with Gasteiger partial charge in [0.05, 0.1) is 5.56 Å². The first-order valence-electron chi connectivity index (χ1n) is 6.94. The second-order valence-electron chi connectivity index (χ2n) is 5.72. The van der Waals surface area contributed by atoms with Crippen molar-refractivity contribution in [2.75, 3.05) is 18.5 Å². The van der Waals surface area contributed by atoms with Gasteiger partial charge >= 0.3 is 6.18 Å². The average Bonchev–Trinajstić information content (AvgIpc) is 2.68. The molecular formula is C15H21F3N2. The molecule has 1 aromatic carbocycles. The van der Waals surface area contributed by atoms with Gasteiger partial charge in [-0.1, -0.05) is 13.0 Å². The van der Waals surface area contributed by atoms with Crippen LogP contribution in [0, 0.1) is 5.92 Å². The fourth-order valence-electron chi connectivity index (χ4n) is 3.01. The highest BCUT2D eigenvalue weighted by Gasteiger charge is 2.37. The van der Waals surface area contributed by atoms with Gasteiger partial charge in [0, 0.05) is 24.8 Å². The van der Waals surface area contributed by atoms with E-state index in [0.29, 0.717) is 30.3 Å². The minimum absolute atomic E-state index is 0.154. The third-order valence-electron chi connectivity index (χ3n) is 3.84. The van der Waals surface area contributed by atoms with Crippen LogP contribution >= 0.6 is 0 Å². The number of rotatable bonds is 3. The van der Waals surface area contributed by atoms with Gasteiger partial charge < -0.3 is 10.2 Å². The van der Waals surface area contributed by atoms with E-state index in [1.54, 1.807) is 19.2 Å². The van der Waals surface area contributed by atoms with Crippen molar-refractivity contribution in [1.29, 1.82) is 0 Å². The monoisotopic (exact) mass is 286 g/mol. The molecule has 2 unspecified atom stereocenters. The summed E-state index contributed by atoms with van der Waals surface area (Å²) in [6.07, 6.45) is -3.37. The van der Waals surface area contributed by atoms with Gasteiger partial charge in [-0.15, -0.1) is 0 Å². The quantitative estimate of drug-likeness (QED) is 0.912. The summed E-state index contributed by atoms with van der Waals surface area (Å²) in [5.74, 6) is 0.433. The second kappa shape index (κ2) is 5.64. The Morgan fingerprint density at radius 1 is 1.30 bits per heavy atom. The fraction of sp³-hybridized carbons (Fsp3) is 0.600. The zero-order chi connectivity index (χ0) is 14.9. The minimum atomic E-state index is -4.31. The summed E-state index contributed by atoms with van der Waals surface area (Å²) in [5, 5.41) is 2.89. The Hall–Kier alpha value is -1.23. The Morgan fingerprint density at radius 2 is 2.00 bits per heavy atom. The standard InChI is InChI=1S/C15H21F3N2/c1-10-6-11(2)20(9-10)14-5-4-12(8-19-3)7-13(14)15(16,17)18/h4-5,7,10-11,19H,6,8-9H2,1-3H3. The fourth-order valence-corrected chi connectivity index (χ4v) is 3.01. The smallest absolute Gasteiger partial charge is 0.368 e. The Balaban J connectivity index is 2.42. The molecule has 0 saturated carbocycles. The average molecular weight is 286 g/mol. The van der Waals surface area contributed by atoms with Gasteiger partial charge in [-0.2, -0.15) is 13.2 Å². The van der Waals surface area contributed by atoms with E-state index >= 15 is 0 Å². The van der Waals surface area contributed by atoms with Gasteiger partial charge in [0.2, 0.25) is 0 Å². The van der Waals surface area contributed by atoms with Gasteiger partial charge in [0.15, 0.2) is 0 Å². The van der Waals surface area contributed by atoms with E-state index in [4.69, 9.17) is 0 Å². The largest absolute Gasteiger partial charge is 0.418 e. The molecule has 1 N–H and O–H groups in total. The first-order valence-corrected chi connectivity index (χ1v) is 6.94. The number of hydrogen-bond donors (Lipinski definition) is 1. The molecule has 2 nitrogen and oxygen atoms in total. The highest BCUT2D eigenvalue weighted by molar-refractivity contribution is 5.58. The lowest BCUT2D eigenvalue weighted by atomic mass is 10.1. The first-order chi connectivity index (χ1) is 9.32. The van der Waals surface area contributed by atoms with E-state index in [1.165, 1.54) is 6.07 Å². The predicted molar refractivity (Wildman–Crippen MR) is 74.8 cm³/mol. The van der Waals surface area contributed by atoms with Gasteiger partial charge in [0.1, 0.15) is 0 Å². The summed E-state index contributed by atoms with van der Waals surface area (Å²) < 4.78 is 39.9. The Morgan fingerprint density at radius 3 is 2.50 bits per heavy atom. The van der Waals surface area contributed by atoms with Crippen molar-refractivity contribution in [3.8, 4) is 0 Å². The zero-order valence-corrected chi connectivity index (χ0v) is 12.1. The highest BCUT2D eigenvalue weighted by Crippen LogP contribution is 2.40. The number of halogens is 3. The van der Waals surface area contributed by atoms with Crippen molar-refractivity contribution in [1.82, 2.24) is 5.32 Å². The summed E-state index contributed by atoms with van der Waals surface area (Å²) in [6, 6.07) is 4.81. The molecule has 112 valence electrons. The molecule has 1 fully saturated rings. The maximum atomic E-state index is 13.3. The Bertz CT molecular complexity index is 471. The van der Waals surface area contributed by atoms with E-state index in [1.807, 2.05) is 11.8 Å². The molecule has 2 rings (SSSR count). The topological polar surface area (TPSA) is 15.3 Å². The lowest BCUT2D eigenvalue weighted by Gasteiger charge is -2.27. The van der Waals surface area contributed by atoms with Crippen LogP contribution in [-0.4, -0.2) is 19.6 Å². The van der Waals surface area contributed by atoms with Crippen molar-refractivity contribution in [2.24, 2.45) is 5.92 Å². The van der Waals surface area contributed by atoms with Gasteiger partial charge in [0.25, 0.3) is 0 Å². The van der Waals surface area contributed by atoms with Crippen LogP contribution in [0.2, 0.25) is 0 Å². The zero-order valence-electron chi connectivity index (χ0n) is 12.1. The molecule has 0 bridgehead atoms. The summed E-state index contributed by atoms with van der Waals surface area (Å²) in [5.41, 5.74) is 0.448. The van der Waals surface area contributed by atoms with Crippen molar-refractivity contribution >= 4 is 5.69 Å². The predicted octanol–water partition coefficient (Wildman–Crippen LogP) is 3.66. The van der Waals surface area contributed by atoms with Crippen molar-refractivity contribution in [2.45, 2.75) is 39.0 Å². The van der Waals surface area contributed by atoms with Gasteiger partial charge in [-0.3, -0.25) is 0 Å². The molecule has 1 aromatic rings. The Kier molecular flexibility index (Phi) is 4.28. The highest BCUT2D eigenvalue weighted by atomic mass is 19.4. The summed E-state index contributed by atoms with van der Waals surface area (Å²) in [7, 11) is 1.73. The number of anilines is 1. The number of nitrogens with zero attached hydrogens (tertiary/aromatic N) is 1. The van der Waals surface area contributed by atoms with Crippen molar-refractivity contribution in [3.05, 3.63) is 29.3 Å². The van der Waals surface area contributed by atoms with E-state index < -0.39 is 11.7 Å². The molecule has 1 heterocycles. The first kappa shape index (κ1) is 15.2. The molecule has 1 aliphatic heterocycles. The van der Waals surface area contributed by atoms with Crippen LogP contribution in [0.5, 0.6) is 0 Å². The van der Waals surface area contributed by atoms with Crippen LogP contribution in [-0.2, 0) is 12.7 Å². The molecule has 20 heavy (non-hydrogen) atoms. The summed E-state index contributed by atoms with van der Waals surface area (Å²) in [6.45, 7) is 5.20. The maximum absolute atomic E-state index is 13.3. The van der Waals surface area contributed by atoms with E-state index in [9.17, 15) is 13.2 Å². The number of nitrogens with one attached hydrogen (secondary N) is 1. The molecule has 0 aliphatic carbocycles. The number of hydrogen-bond acceptors (Lipinski definition) is 2. The molecule has 0 amide bonds. The molecular weight excluding hydrogens is 265 g/mol. The third kappa shape index (κ3) is 3.08. The Labute approximate surface area is 118 Å².